The lowest BCUT2D eigenvalue weighted by molar-refractivity contribution is -0.137. The number of aliphatic carboxylic acids is 1. The molecule has 0 radical (unpaired) electrons. The van der Waals surface area contributed by atoms with E-state index in [4.69, 9.17) is 21.2 Å². The van der Waals surface area contributed by atoms with Gasteiger partial charge in [0.1, 0.15) is 0 Å². The lowest BCUT2D eigenvalue weighted by Gasteiger charge is -2.19. The van der Waals surface area contributed by atoms with Gasteiger partial charge in [0.25, 0.3) is 0 Å². The minimum Gasteiger partial charge on any atom is -0.481 e. The quantitative estimate of drug-likeness (QED) is 0.699. The van der Waals surface area contributed by atoms with E-state index in [0.29, 0.717) is 26.1 Å². The molecule has 5 nitrogen and oxygen atoms in total. The molecule has 1 unspecified atom stereocenters. The van der Waals surface area contributed by atoms with E-state index in [-0.39, 0.29) is 12.7 Å². The molecule has 84 valence electrons. The molecule has 1 N–H and O–H groups in total. The summed E-state index contributed by atoms with van der Waals surface area (Å²) in [6.07, 6.45) is 0.419. The van der Waals surface area contributed by atoms with Crippen molar-refractivity contribution in [2.24, 2.45) is 0 Å². The van der Waals surface area contributed by atoms with Crippen LogP contribution in [0.3, 0.4) is 0 Å². The summed E-state index contributed by atoms with van der Waals surface area (Å²) in [6.45, 7) is 9.94. The lowest BCUT2D eigenvalue weighted by Crippen LogP contribution is -2.28. The van der Waals surface area contributed by atoms with E-state index < -0.39 is 11.5 Å². The van der Waals surface area contributed by atoms with Crippen molar-refractivity contribution >= 4 is 5.97 Å². The van der Waals surface area contributed by atoms with Crippen LogP contribution in [0.4, 0.5) is 0 Å². The molecule has 0 spiro atoms. The summed E-state index contributed by atoms with van der Waals surface area (Å²) in [5, 5.41) is 8.57. The van der Waals surface area contributed by atoms with Gasteiger partial charge in [0, 0.05) is 13.3 Å². The summed E-state index contributed by atoms with van der Waals surface area (Å²) in [6, 6.07) is 0. The van der Waals surface area contributed by atoms with Crippen molar-refractivity contribution in [3.8, 4) is 0 Å². The third-order valence-corrected chi connectivity index (χ3v) is 2.44. The molecule has 5 heteroatoms. The summed E-state index contributed by atoms with van der Waals surface area (Å²) < 4.78 is 10.5. The average Bonchev–Trinajstić information content (AvgIpc) is 2.67. The van der Waals surface area contributed by atoms with Gasteiger partial charge in [-0.25, -0.2) is 6.57 Å². The van der Waals surface area contributed by atoms with Crippen molar-refractivity contribution in [1.29, 1.82) is 0 Å². The minimum absolute atomic E-state index is 0.00556. The molecule has 1 aliphatic rings. The van der Waals surface area contributed by atoms with Gasteiger partial charge in [-0.3, -0.25) is 4.79 Å². The Morgan fingerprint density at radius 2 is 2.20 bits per heavy atom. The van der Waals surface area contributed by atoms with Crippen molar-refractivity contribution in [2.75, 3.05) is 13.2 Å². The number of carbonyl (C=O) groups is 1. The fourth-order valence-electron chi connectivity index (χ4n) is 1.46. The van der Waals surface area contributed by atoms with Crippen molar-refractivity contribution in [3.63, 3.8) is 0 Å². The number of nitrogens with zero attached hydrogens (tertiary/aromatic N) is 1. The summed E-state index contributed by atoms with van der Waals surface area (Å²) in [4.78, 5) is 13.9. The number of hydrogen-bond donors (Lipinski definition) is 1. The number of carboxylic acid groups (broad SMARTS) is 1. The molecule has 1 rings (SSSR count). The maximum absolute atomic E-state index is 10.4. The van der Waals surface area contributed by atoms with Gasteiger partial charge in [0.15, 0.2) is 6.29 Å². The zero-order valence-electron chi connectivity index (χ0n) is 8.73. The SMILES string of the molecule is [C-]#[N+]C(C)(CCC(=O)O)CC1OCCO1. The molecule has 15 heavy (non-hydrogen) atoms. The predicted molar refractivity (Wildman–Crippen MR) is 52.2 cm³/mol. The Balaban J connectivity index is 2.44. The highest BCUT2D eigenvalue weighted by Crippen LogP contribution is 2.26. The van der Waals surface area contributed by atoms with Crippen LogP contribution in [0.5, 0.6) is 0 Å². The first-order valence-electron chi connectivity index (χ1n) is 4.89. The van der Waals surface area contributed by atoms with Crippen LogP contribution in [-0.2, 0) is 14.3 Å². The largest absolute Gasteiger partial charge is 0.481 e. The Bertz CT molecular complexity index is 267. The Morgan fingerprint density at radius 3 is 2.67 bits per heavy atom. The van der Waals surface area contributed by atoms with Gasteiger partial charge in [-0.05, 0) is 0 Å². The summed E-state index contributed by atoms with van der Waals surface area (Å²) in [5.41, 5.74) is -0.701. The highest BCUT2D eigenvalue weighted by atomic mass is 16.7. The Labute approximate surface area is 88.8 Å². The minimum atomic E-state index is -0.877. The Morgan fingerprint density at radius 1 is 1.60 bits per heavy atom. The van der Waals surface area contributed by atoms with Crippen LogP contribution in [0, 0.1) is 6.57 Å². The average molecular weight is 213 g/mol. The summed E-state index contributed by atoms with van der Waals surface area (Å²) >= 11 is 0. The van der Waals surface area contributed by atoms with E-state index in [2.05, 4.69) is 4.85 Å². The van der Waals surface area contributed by atoms with Gasteiger partial charge in [-0.1, -0.05) is 0 Å². The molecule has 1 atom stereocenters. The van der Waals surface area contributed by atoms with Crippen molar-refractivity contribution in [2.45, 2.75) is 38.0 Å². The van der Waals surface area contributed by atoms with Crippen LogP contribution in [0.25, 0.3) is 4.85 Å². The van der Waals surface area contributed by atoms with E-state index >= 15 is 0 Å². The molecule has 0 aromatic heterocycles. The molecule has 0 aromatic carbocycles. The van der Waals surface area contributed by atoms with Crippen LogP contribution in [0.1, 0.15) is 26.2 Å². The third-order valence-electron chi connectivity index (χ3n) is 2.44. The zero-order chi connectivity index (χ0) is 11.3. The predicted octanol–water partition coefficient (Wildman–Crippen LogP) is 1.29. The maximum atomic E-state index is 10.4. The first-order valence-corrected chi connectivity index (χ1v) is 4.89. The van der Waals surface area contributed by atoms with E-state index in [0.717, 1.165) is 0 Å². The summed E-state index contributed by atoms with van der Waals surface area (Å²) in [7, 11) is 0. The third kappa shape index (κ3) is 3.86. The normalized spacial score (nSPS) is 20.8. The number of carboxylic acids is 1. The molecule has 1 heterocycles. The van der Waals surface area contributed by atoms with E-state index in [1.54, 1.807) is 6.92 Å². The second-order valence-corrected chi connectivity index (χ2v) is 3.88. The first-order chi connectivity index (χ1) is 7.06. The van der Waals surface area contributed by atoms with Crippen LogP contribution in [0.2, 0.25) is 0 Å². The first kappa shape index (κ1) is 12.0. The van der Waals surface area contributed by atoms with Crippen LogP contribution in [-0.4, -0.2) is 36.1 Å². The van der Waals surface area contributed by atoms with E-state index in [1.807, 2.05) is 0 Å². The fourth-order valence-corrected chi connectivity index (χ4v) is 1.46. The topological polar surface area (TPSA) is 60.1 Å². The van der Waals surface area contributed by atoms with E-state index in [1.165, 1.54) is 0 Å². The smallest absolute Gasteiger partial charge is 0.303 e. The molecule has 0 aromatic rings. The Hall–Kier alpha value is -1.12. The molecule has 0 aliphatic carbocycles. The van der Waals surface area contributed by atoms with E-state index in [9.17, 15) is 4.79 Å². The monoisotopic (exact) mass is 213 g/mol. The fraction of sp³-hybridized carbons (Fsp3) is 0.800. The maximum Gasteiger partial charge on any atom is 0.303 e. The molecular weight excluding hydrogens is 198 g/mol. The zero-order valence-corrected chi connectivity index (χ0v) is 8.73. The molecule has 0 amide bonds. The highest BCUT2D eigenvalue weighted by Gasteiger charge is 2.36. The molecule has 1 fully saturated rings. The number of ether oxygens (including phenoxy) is 2. The van der Waals surface area contributed by atoms with Crippen LogP contribution < -0.4 is 0 Å². The van der Waals surface area contributed by atoms with Crippen LogP contribution in [0.15, 0.2) is 0 Å². The molecule has 0 saturated carbocycles. The highest BCUT2D eigenvalue weighted by molar-refractivity contribution is 5.66. The standard InChI is InChI=1S/C10H15NO4/c1-10(11-2,4-3-8(12)13)7-9-14-5-6-15-9/h9H,3-7H2,1H3,(H,12,13). The molecular formula is C10H15NO4. The Kier molecular flexibility index (Phi) is 4.06. The lowest BCUT2D eigenvalue weighted by atomic mass is 9.92. The van der Waals surface area contributed by atoms with Crippen molar-refractivity contribution in [3.05, 3.63) is 11.4 Å². The van der Waals surface area contributed by atoms with Crippen molar-refractivity contribution < 1.29 is 19.4 Å². The van der Waals surface area contributed by atoms with Gasteiger partial charge >= 0.3 is 5.97 Å². The van der Waals surface area contributed by atoms with Gasteiger partial charge in [0.05, 0.1) is 26.1 Å². The molecule has 1 aliphatic heterocycles. The van der Waals surface area contributed by atoms with Gasteiger partial charge < -0.3 is 19.4 Å². The molecule has 0 bridgehead atoms. The molecule has 1 saturated heterocycles. The second-order valence-electron chi connectivity index (χ2n) is 3.88. The number of hydrogen-bond acceptors (Lipinski definition) is 3. The van der Waals surface area contributed by atoms with Crippen LogP contribution >= 0.6 is 0 Å². The van der Waals surface area contributed by atoms with Gasteiger partial charge in [0.2, 0.25) is 5.54 Å². The number of rotatable bonds is 5. The van der Waals surface area contributed by atoms with Crippen molar-refractivity contribution in [1.82, 2.24) is 0 Å². The van der Waals surface area contributed by atoms with Gasteiger partial charge in [-0.2, -0.15) is 0 Å². The summed E-state index contributed by atoms with van der Waals surface area (Å²) in [5.74, 6) is -0.877. The van der Waals surface area contributed by atoms with Gasteiger partial charge in [-0.15, -0.1) is 0 Å². The second kappa shape index (κ2) is 5.10.